The molecule has 0 aliphatic heterocycles. The summed E-state index contributed by atoms with van der Waals surface area (Å²) in [6, 6.07) is 13.4. The van der Waals surface area contributed by atoms with Crippen LogP contribution in [0.3, 0.4) is 0 Å². The second-order valence-electron chi connectivity index (χ2n) is 12.8. The minimum absolute atomic E-state index is 0.00252. The Morgan fingerprint density at radius 3 is 1.56 bits per heavy atom. The van der Waals surface area contributed by atoms with Crippen molar-refractivity contribution in [3.05, 3.63) is 84.0 Å². The van der Waals surface area contributed by atoms with Crippen LogP contribution in [0.5, 0.6) is 11.5 Å². The van der Waals surface area contributed by atoms with E-state index in [1.807, 2.05) is 31.2 Å². The Bertz CT molecular complexity index is 1530. The van der Waals surface area contributed by atoms with E-state index in [0.717, 1.165) is 16.0 Å². The topological polar surface area (TPSA) is 215 Å². The number of unbranched alkanes of at least 4 members (excludes halogenated alkanes) is 1. The molecule has 0 fully saturated rings. The van der Waals surface area contributed by atoms with Crippen LogP contribution in [-0.2, 0) is 43.7 Å². The molecule has 0 aliphatic carbocycles. The first kappa shape index (κ1) is 44.5. The van der Waals surface area contributed by atoms with Crippen LogP contribution >= 0.6 is 0 Å². The summed E-state index contributed by atoms with van der Waals surface area (Å²) in [4.78, 5) is 71.2. The number of nitrogens with zero attached hydrogens (tertiary/aromatic N) is 1. The summed E-state index contributed by atoms with van der Waals surface area (Å²) in [7, 11) is 0. The van der Waals surface area contributed by atoms with Crippen molar-refractivity contribution in [2.45, 2.75) is 64.3 Å². The maximum absolute atomic E-state index is 13.0. The molecule has 54 heavy (non-hydrogen) atoms. The van der Waals surface area contributed by atoms with Gasteiger partial charge in [-0.15, -0.1) is 0 Å². The first-order valence-electron chi connectivity index (χ1n) is 17.3. The molecule has 0 spiro atoms. The zero-order valence-corrected chi connectivity index (χ0v) is 31.0. The summed E-state index contributed by atoms with van der Waals surface area (Å²) in [6.07, 6.45) is 1.23. The Balaban J connectivity index is 2.08. The molecule has 0 saturated carbocycles. The van der Waals surface area contributed by atoms with Crippen molar-refractivity contribution in [1.29, 1.82) is 0 Å². The predicted octanol–water partition coefficient (Wildman–Crippen LogP) is 3.98. The second-order valence-corrected chi connectivity index (χ2v) is 12.8. The van der Waals surface area contributed by atoms with Gasteiger partial charge >= 0.3 is 29.8 Å². The van der Waals surface area contributed by atoms with Gasteiger partial charge in [-0.05, 0) is 74.9 Å². The van der Waals surface area contributed by atoms with E-state index in [1.165, 1.54) is 0 Å². The molecule has 0 radical (unpaired) electrons. The van der Waals surface area contributed by atoms with E-state index in [1.54, 1.807) is 38.1 Å². The van der Waals surface area contributed by atoms with Crippen molar-refractivity contribution in [3.63, 3.8) is 0 Å². The molecule has 2 aromatic rings. The van der Waals surface area contributed by atoms with Crippen LogP contribution in [0, 0.1) is 0 Å². The predicted molar refractivity (Wildman–Crippen MR) is 196 cm³/mol. The molecule has 0 aromatic heterocycles. The number of carbonyl (C=O) groups is 6. The van der Waals surface area contributed by atoms with Crippen LogP contribution in [0.15, 0.2) is 72.8 Å². The minimum Gasteiger partial charge on any atom is -0.490 e. The molecule has 0 saturated heterocycles. The van der Waals surface area contributed by atoms with Crippen LogP contribution in [-0.4, -0.2) is 108 Å². The fourth-order valence-electron chi connectivity index (χ4n) is 5.36. The normalized spacial score (nSPS) is 11.6. The number of aliphatic carboxylic acids is 3. The Labute approximate surface area is 314 Å². The number of carboxylic acids is 3. The summed E-state index contributed by atoms with van der Waals surface area (Å²) in [6.45, 7) is 11.4. The van der Waals surface area contributed by atoms with E-state index in [-0.39, 0.29) is 51.7 Å². The zero-order valence-electron chi connectivity index (χ0n) is 31.0. The molecule has 2 aromatic carbocycles. The van der Waals surface area contributed by atoms with Crippen molar-refractivity contribution in [1.82, 2.24) is 10.2 Å². The molecule has 1 amide bonds. The monoisotopic (exact) mass is 754 g/mol. The van der Waals surface area contributed by atoms with E-state index in [0.29, 0.717) is 41.9 Å². The van der Waals surface area contributed by atoms with Crippen molar-refractivity contribution in [3.8, 4) is 11.5 Å². The third kappa shape index (κ3) is 15.5. The second kappa shape index (κ2) is 22.4. The van der Waals surface area contributed by atoms with Gasteiger partial charge in [0.25, 0.3) is 0 Å². The Morgan fingerprint density at radius 2 is 1.17 bits per heavy atom. The smallest absolute Gasteiger partial charge is 0.333 e. The number of amides is 1. The van der Waals surface area contributed by atoms with Crippen molar-refractivity contribution in [2.75, 3.05) is 46.1 Å². The summed E-state index contributed by atoms with van der Waals surface area (Å²) in [5.74, 6) is -4.13. The van der Waals surface area contributed by atoms with Gasteiger partial charge in [0.2, 0.25) is 5.91 Å². The Kier molecular flexibility index (Phi) is 18.4. The lowest BCUT2D eigenvalue weighted by molar-refractivity contribution is -0.150. The third-order valence-electron chi connectivity index (χ3n) is 8.33. The highest BCUT2D eigenvalue weighted by molar-refractivity contribution is 5.87. The fraction of sp³-hybridized carbons (Fsp3) is 0.436. The maximum atomic E-state index is 13.0. The molecule has 15 nitrogen and oxygen atoms in total. The summed E-state index contributed by atoms with van der Waals surface area (Å²) in [5.41, 5.74) is 1.71. The SMILES string of the molecule is C=C(C)C(=O)OCCOc1ccc(C(C)(CCC(=O)NCCCC[C@@H](C(=O)O)N(CC(=O)O)CC(=O)O)c2ccc(OCCOC(=O)C(=C)C)cc2)cc1. The number of ether oxygens (including phenoxy) is 4. The van der Waals surface area contributed by atoms with Gasteiger partial charge in [-0.3, -0.25) is 24.1 Å². The third-order valence-corrected chi connectivity index (χ3v) is 8.33. The number of carboxylic acid groups (broad SMARTS) is 3. The average molecular weight is 755 g/mol. The van der Waals surface area contributed by atoms with Crippen LogP contribution in [0.1, 0.15) is 64.0 Å². The molecule has 294 valence electrons. The summed E-state index contributed by atoms with van der Waals surface area (Å²) >= 11 is 0. The van der Waals surface area contributed by atoms with Gasteiger partial charge in [-0.1, -0.05) is 44.3 Å². The van der Waals surface area contributed by atoms with Crippen LogP contribution in [0.25, 0.3) is 0 Å². The summed E-state index contributed by atoms with van der Waals surface area (Å²) < 4.78 is 21.6. The first-order chi connectivity index (χ1) is 25.5. The van der Waals surface area contributed by atoms with E-state index in [4.69, 9.17) is 29.2 Å². The van der Waals surface area contributed by atoms with E-state index >= 15 is 0 Å². The molecule has 4 N–H and O–H groups in total. The van der Waals surface area contributed by atoms with E-state index in [2.05, 4.69) is 18.5 Å². The number of nitrogens with one attached hydrogen (secondary N) is 1. The maximum Gasteiger partial charge on any atom is 0.333 e. The minimum atomic E-state index is -1.34. The fourth-order valence-corrected chi connectivity index (χ4v) is 5.36. The van der Waals surface area contributed by atoms with Gasteiger partial charge in [-0.2, -0.15) is 0 Å². The van der Waals surface area contributed by atoms with E-state index < -0.39 is 54.4 Å². The molecule has 1 atom stereocenters. The van der Waals surface area contributed by atoms with Crippen molar-refractivity contribution >= 4 is 35.8 Å². The standard InChI is InChI=1S/C39H50N2O13/c1-26(2)37(49)53-22-20-51-30-13-9-28(10-14-30)39(5,29-11-15-31(16-12-29)52-21-23-54-38(50)27(3)4)18-17-33(42)40-19-7-6-8-32(36(47)48)41(24-34(43)44)25-35(45)46/h9-16,32H,1,3,6-8,17-25H2,2,4-5H3,(H,40,42)(H,43,44)(H,45,46)(H,47,48)/t32-/m0/s1. The molecule has 0 aliphatic rings. The van der Waals surface area contributed by atoms with Gasteiger partial charge in [0.1, 0.15) is 44.0 Å². The quantitative estimate of drug-likeness (QED) is 0.0608. The molecule has 15 heteroatoms. The highest BCUT2D eigenvalue weighted by atomic mass is 16.6. The molecule has 0 heterocycles. The summed E-state index contributed by atoms with van der Waals surface area (Å²) in [5, 5.41) is 30.6. The van der Waals surface area contributed by atoms with Gasteiger partial charge in [0.15, 0.2) is 0 Å². The van der Waals surface area contributed by atoms with Crippen molar-refractivity contribution < 1.29 is 63.0 Å². The number of carbonyl (C=O) groups excluding carboxylic acids is 3. The number of benzene rings is 2. The lowest BCUT2D eigenvalue weighted by Gasteiger charge is -2.31. The Morgan fingerprint density at radius 1 is 0.722 bits per heavy atom. The van der Waals surface area contributed by atoms with Crippen LogP contribution < -0.4 is 14.8 Å². The molecular formula is C39H50N2O13. The van der Waals surface area contributed by atoms with Crippen LogP contribution in [0.4, 0.5) is 0 Å². The number of hydrogen-bond donors (Lipinski definition) is 4. The lowest BCUT2D eigenvalue weighted by atomic mass is 9.73. The van der Waals surface area contributed by atoms with E-state index in [9.17, 15) is 33.9 Å². The molecular weight excluding hydrogens is 704 g/mol. The lowest BCUT2D eigenvalue weighted by Crippen LogP contribution is -2.46. The van der Waals surface area contributed by atoms with Gasteiger partial charge in [0.05, 0.1) is 13.1 Å². The number of hydrogen-bond acceptors (Lipinski definition) is 11. The largest absolute Gasteiger partial charge is 0.490 e. The average Bonchev–Trinajstić information content (AvgIpc) is 3.11. The van der Waals surface area contributed by atoms with Crippen molar-refractivity contribution in [2.24, 2.45) is 0 Å². The highest BCUT2D eigenvalue weighted by Crippen LogP contribution is 2.38. The Hall–Kier alpha value is -5.70. The zero-order chi connectivity index (χ0) is 40.3. The number of rotatable bonds is 26. The van der Waals surface area contributed by atoms with Gasteiger partial charge in [-0.25, -0.2) is 9.59 Å². The highest BCUT2D eigenvalue weighted by Gasteiger charge is 2.31. The van der Waals surface area contributed by atoms with Gasteiger partial charge < -0.3 is 39.6 Å². The number of esters is 2. The molecule has 0 unspecified atom stereocenters. The first-order valence-corrected chi connectivity index (χ1v) is 17.3. The van der Waals surface area contributed by atoms with Gasteiger partial charge in [0, 0.05) is 29.5 Å². The molecule has 2 rings (SSSR count). The molecule has 0 bridgehead atoms. The van der Waals surface area contributed by atoms with Crippen LogP contribution in [0.2, 0.25) is 0 Å².